The summed E-state index contributed by atoms with van der Waals surface area (Å²) in [7, 11) is 0. The summed E-state index contributed by atoms with van der Waals surface area (Å²) in [6.45, 7) is 3.52. The summed E-state index contributed by atoms with van der Waals surface area (Å²) in [6.07, 6.45) is 0.0734. The second kappa shape index (κ2) is 8.04. The van der Waals surface area contributed by atoms with E-state index in [4.69, 9.17) is 5.11 Å². The van der Waals surface area contributed by atoms with Crippen molar-refractivity contribution in [3.8, 4) is 0 Å². The molecule has 6 nitrogen and oxygen atoms in total. The quantitative estimate of drug-likeness (QED) is 0.785. The third-order valence-electron chi connectivity index (χ3n) is 3.02. The number of amides is 2. The summed E-state index contributed by atoms with van der Waals surface area (Å²) in [5.41, 5.74) is 0.979. The molecule has 0 aromatic heterocycles. The van der Waals surface area contributed by atoms with E-state index in [0.29, 0.717) is 6.54 Å². The van der Waals surface area contributed by atoms with Crippen molar-refractivity contribution in [2.45, 2.75) is 32.9 Å². The van der Waals surface area contributed by atoms with Crippen molar-refractivity contribution in [2.24, 2.45) is 0 Å². The van der Waals surface area contributed by atoms with Gasteiger partial charge in [0.2, 0.25) is 11.8 Å². The van der Waals surface area contributed by atoms with E-state index in [-0.39, 0.29) is 24.8 Å². The summed E-state index contributed by atoms with van der Waals surface area (Å²) in [6, 6.07) is 8.54. The van der Waals surface area contributed by atoms with Crippen LogP contribution in [0, 0.1) is 0 Å². The Labute approximate surface area is 123 Å². The summed E-state index contributed by atoms with van der Waals surface area (Å²) in [5, 5.41) is 11.1. The van der Waals surface area contributed by atoms with Crippen LogP contribution in [0.3, 0.4) is 0 Å². The largest absolute Gasteiger partial charge is 0.480 e. The Bertz CT molecular complexity index is 502. The summed E-state index contributed by atoms with van der Waals surface area (Å²) in [5.74, 6) is -1.60. The first kappa shape index (κ1) is 16.7. The van der Waals surface area contributed by atoms with Gasteiger partial charge in [-0.25, -0.2) is 0 Å². The Morgan fingerprint density at radius 1 is 1.24 bits per heavy atom. The van der Waals surface area contributed by atoms with Crippen LogP contribution in [0.15, 0.2) is 30.3 Å². The van der Waals surface area contributed by atoms with Crippen molar-refractivity contribution in [3.05, 3.63) is 35.9 Å². The Morgan fingerprint density at radius 3 is 2.38 bits per heavy atom. The highest BCUT2D eigenvalue weighted by Crippen LogP contribution is 2.05. The van der Waals surface area contributed by atoms with Gasteiger partial charge < -0.3 is 15.3 Å². The van der Waals surface area contributed by atoms with Gasteiger partial charge in [-0.1, -0.05) is 30.3 Å². The first-order chi connectivity index (χ1) is 9.90. The lowest BCUT2D eigenvalue weighted by molar-refractivity contribution is -0.141. The average molecular weight is 292 g/mol. The normalized spacial score (nSPS) is 11.5. The molecule has 114 valence electrons. The standard InChI is InChI=1S/C15H20N2O4/c1-11(15(20)21)16-14(19)8-9-17(12(2)18)10-13-6-4-3-5-7-13/h3-7,11H,8-10H2,1-2H3,(H,16,19)(H,20,21). The number of hydrogen-bond donors (Lipinski definition) is 2. The molecular formula is C15H20N2O4. The molecule has 6 heteroatoms. The monoisotopic (exact) mass is 292 g/mol. The minimum Gasteiger partial charge on any atom is -0.480 e. The molecule has 1 unspecified atom stereocenters. The highest BCUT2D eigenvalue weighted by molar-refractivity contribution is 5.83. The zero-order valence-electron chi connectivity index (χ0n) is 12.2. The molecule has 1 aromatic rings. The molecule has 0 aliphatic carbocycles. The number of carbonyl (C=O) groups is 3. The predicted molar refractivity (Wildman–Crippen MR) is 77.4 cm³/mol. The van der Waals surface area contributed by atoms with Gasteiger partial charge in [0.15, 0.2) is 0 Å². The Kier molecular flexibility index (Phi) is 6.39. The number of carbonyl (C=O) groups excluding carboxylic acids is 2. The Morgan fingerprint density at radius 2 is 1.86 bits per heavy atom. The molecule has 1 atom stereocenters. The Hall–Kier alpha value is -2.37. The first-order valence-corrected chi connectivity index (χ1v) is 6.71. The lowest BCUT2D eigenvalue weighted by Crippen LogP contribution is -2.40. The Balaban J connectivity index is 2.50. The molecule has 2 N–H and O–H groups in total. The van der Waals surface area contributed by atoms with Gasteiger partial charge in [0.25, 0.3) is 0 Å². The van der Waals surface area contributed by atoms with E-state index in [1.807, 2.05) is 30.3 Å². The van der Waals surface area contributed by atoms with Crippen LogP contribution < -0.4 is 5.32 Å². The summed E-state index contributed by atoms with van der Waals surface area (Å²) >= 11 is 0. The third-order valence-corrected chi connectivity index (χ3v) is 3.02. The minimum absolute atomic E-state index is 0.0734. The first-order valence-electron chi connectivity index (χ1n) is 6.71. The molecule has 0 heterocycles. The maximum atomic E-state index is 11.6. The summed E-state index contributed by atoms with van der Waals surface area (Å²) < 4.78 is 0. The topological polar surface area (TPSA) is 86.7 Å². The van der Waals surface area contributed by atoms with Crippen LogP contribution >= 0.6 is 0 Å². The van der Waals surface area contributed by atoms with E-state index in [2.05, 4.69) is 5.32 Å². The molecule has 0 spiro atoms. The molecule has 0 aliphatic heterocycles. The van der Waals surface area contributed by atoms with E-state index in [0.717, 1.165) is 5.56 Å². The molecule has 2 amide bonds. The van der Waals surface area contributed by atoms with E-state index in [1.165, 1.54) is 13.8 Å². The molecule has 21 heavy (non-hydrogen) atoms. The SMILES string of the molecule is CC(=O)N(CCC(=O)NC(C)C(=O)O)Cc1ccccc1. The van der Waals surface area contributed by atoms with Crippen molar-refractivity contribution in [1.29, 1.82) is 0 Å². The molecule has 1 rings (SSSR count). The van der Waals surface area contributed by atoms with Crippen molar-refractivity contribution in [2.75, 3.05) is 6.54 Å². The number of hydrogen-bond acceptors (Lipinski definition) is 3. The number of benzene rings is 1. The van der Waals surface area contributed by atoms with Crippen molar-refractivity contribution in [1.82, 2.24) is 10.2 Å². The highest BCUT2D eigenvalue weighted by Gasteiger charge is 2.16. The number of nitrogens with zero attached hydrogens (tertiary/aromatic N) is 1. The van der Waals surface area contributed by atoms with Gasteiger partial charge in [-0.3, -0.25) is 14.4 Å². The second-order valence-electron chi connectivity index (χ2n) is 4.80. The molecule has 0 aliphatic rings. The van der Waals surface area contributed by atoms with Crippen LogP contribution in [0.5, 0.6) is 0 Å². The third kappa shape index (κ3) is 6.07. The zero-order chi connectivity index (χ0) is 15.8. The van der Waals surface area contributed by atoms with Gasteiger partial charge in [-0.2, -0.15) is 0 Å². The fourth-order valence-corrected chi connectivity index (χ4v) is 1.76. The van der Waals surface area contributed by atoms with E-state index in [1.54, 1.807) is 4.90 Å². The van der Waals surface area contributed by atoms with Crippen LogP contribution in [-0.4, -0.2) is 40.4 Å². The minimum atomic E-state index is -1.09. The number of carboxylic acid groups (broad SMARTS) is 1. The average Bonchev–Trinajstić information content (AvgIpc) is 2.44. The molecule has 0 saturated carbocycles. The molecule has 0 bridgehead atoms. The summed E-state index contributed by atoms with van der Waals surface area (Å²) in [4.78, 5) is 35.4. The molecular weight excluding hydrogens is 272 g/mol. The van der Waals surface area contributed by atoms with E-state index < -0.39 is 12.0 Å². The predicted octanol–water partition coefficient (Wildman–Crippen LogP) is 1.01. The van der Waals surface area contributed by atoms with Crippen molar-refractivity contribution >= 4 is 17.8 Å². The maximum absolute atomic E-state index is 11.6. The van der Waals surface area contributed by atoms with Gasteiger partial charge >= 0.3 is 5.97 Å². The second-order valence-corrected chi connectivity index (χ2v) is 4.80. The highest BCUT2D eigenvalue weighted by atomic mass is 16.4. The number of carboxylic acids is 1. The van der Waals surface area contributed by atoms with Crippen LogP contribution in [0.25, 0.3) is 0 Å². The van der Waals surface area contributed by atoms with Crippen LogP contribution in [0.1, 0.15) is 25.8 Å². The number of aliphatic carboxylic acids is 1. The van der Waals surface area contributed by atoms with E-state index >= 15 is 0 Å². The van der Waals surface area contributed by atoms with Crippen LogP contribution in [0.4, 0.5) is 0 Å². The van der Waals surface area contributed by atoms with E-state index in [9.17, 15) is 14.4 Å². The lowest BCUT2D eigenvalue weighted by atomic mass is 10.2. The van der Waals surface area contributed by atoms with Crippen molar-refractivity contribution < 1.29 is 19.5 Å². The van der Waals surface area contributed by atoms with Gasteiger partial charge in [0.1, 0.15) is 6.04 Å². The van der Waals surface area contributed by atoms with Crippen LogP contribution in [0.2, 0.25) is 0 Å². The van der Waals surface area contributed by atoms with Gasteiger partial charge in [0.05, 0.1) is 0 Å². The number of nitrogens with one attached hydrogen (secondary N) is 1. The van der Waals surface area contributed by atoms with Gasteiger partial charge in [0, 0.05) is 26.4 Å². The maximum Gasteiger partial charge on any atom is 0.325 e. The van der Waals surface area contributed by atoms with Gasteiger partial charge in [-0.15, -0.1) is 0 Å². The fourth-order valence-electron chi connectivity index (χ4n) is 1.76. The lowest BCUT2D eigenvalue weighted by Gasteiger charge is -2.21. The molecule has 0 fully saturated rings. The molecule has 0 radical (unpaired) electrons. The fraction of sp³-hybridized carbons (Fsp3) is 0.400. The number of rotatable bonds is 7. The zero-order valence-corrected chi connectivity index (χ0v) is 12.2. The molecule has 0 saturated heterocycles. The van der Waals surface area contributed by atoms with Crippen molar-refractivity contribution in [3.63, 3.8) is 0 Å². The van der Waals surface area contributed by atoms with Crippen LogP contribution in [-0.2, 0) is 20.9 Å². The smallest absolute Gasteiger partial charge is 0.325 e. The molecule has 1 aromatic carbocycles. The van der Waals surface area contributed by atoms with Gasteiger partial charge in [-0.05, 0) is 12.5 Å².